The molecule has 0 atom stereocenters. The first-order valence-electron chi connectivity index (χ1n) is 4.38. The van der Waals surface area contributed by atoms with Crippen LogP contribution in [0.3, 0.4) is 0 Å². The maximum atomic E-state index is 11.1. The Labute approximate surface area is 93.2 Å². The number of rotatable bonds is 2. The maximum Gasteiger partial charge on any atom is 0.161 e. The van der Waals surface area contributed by atoms with Crippen LogP contribution < -0.4 is 0 Å². The Morgan fingerprint density at radius 3 is 2.80 bits per heavy atom. The lowest BCUT2D eigenvalue weighted by molar-refractivity contribution is -0.107. The molecule has 76 valence electrons. The summed E-state index contributed by atoms with van der Waals surface area (Å²) in [7, 11) is 0. The van der Waals surface area contributed by atoms with Crippen LogP contribution in [0, 0.1) is 11.8 Å². The summed E-state index contributed by atoms with van der Waals surface area (Å²) in [6, 6.07) is 4.96. The van der Waals surface area contributed by atoms with E-state index in [0.29, 0.717) is 16.1 Å². The molecule has 0 saturated carbocycles. The van der Waals surface area contributed by atoms with Crippen molar-refractivity contribution < 1.29 is 9.59 Å². The maximum absolute atomic E-state index is 11.1. The molecular formula is C12H9ClO2. The number of hydrogen-bond acceptors (Lipinski definition) is 2. The lowest BCUT2D eigenvalue weighted by Gasteiger charge is -1.99. The van der Waals surface area contributed by atoms with Gasteiger partial charge in [0.2, 0.25) is 0 Å². The van der Waals surface area contributed by atoms with Crippen LogP contribution in [0.2, 0.25) is 5.02 Å². The number of carbonyl (C=O) groups excluding carboxylic acids is 2. The lowest BCUT2D eigenvalue weighted by atomic mass is 10.1. The molecule has 3 heteroatoms. The van der Waals surface area contributed by atoms with Crippen molar-refractivity contribution in [2.45, 2.75) is 13.3 Å². The van der Waals surface area contributed by atoms with Gasteiger partial charge in [-0.25, -0.2) is 0 Å². The molecule has 0 amide bonds. The summed E-state index contributed by atoms with van der Waals surface area (Å²) in [4.78, 5) is 21.1. The van der Waals surface area contributed by atoms with Crippen molar-refractivity contribution in [3.8, 4) is 11.8 Å². The molecule has 0 unspecified atom stereocenters. The number of carbonyl (C=O) groups is 2. The Balaban J connectivity index is 2.98. The molecule has 0 saturated heterocycles. The summed E-state index contributed by atoms with van der Waals surface area (Å²) in [5.41, 5.74) is 1.18. The van der Waals surface area contributed by atoms with E-state index < -0.39 is 0 Å². The third-order valence-electron chi connectivity index (χ3n) is 1.77. The lowest BCUT2D eigenvalue weighted by Crippen LogP contribution is -1.93. The van der Waals surface area contributed by atoms with Crippen LogP contribution in [-0.4, -0.2) is 12.1 Å². The molecule has 1 aromatic rings. The Hall–Kier alpha value is -1.59. The van der Waals surface area contributed by atoms with Gasteiger partial charge in [-0.1, -0.05) is 23.4 Å². The van der Waals surface area contributed by atoms with Crippen molar-refractivity contribution in [2.75, 3.05) is 0 Å². The van der Waals surface area contributed by atoms with Crippen LogP contribution in [0.1, 0.15) is 29.3 Å². The van der Waals surface area contributed by atoms with Gasteiger partial charge in [-0.05, 0) is 25.1 Å². The fourth-order valence-corrected chi connectivity index (χ4v) is 1.39. The fourth-order valence-electron chi connectivity index (χ4n) is 1.07. The van der Waals surface area contributed by atoms with Crippen LogP contribution in [0.15, 0.2) is 18.2 Å². The molecule has 0 N–H and O–H groups in total. The highest BCUT2D eigenvalue weighted by molar-refractivity contribution is 6.33. The number of hydrogen-bond donors (Lipinski definition) is 0. The zero-order chi connectivity index (χ0) is 11.3. The van der Waals surface area contributed by atoms with Crippen molar-refractivity contribution in [2.24, 2.45) is 0 Å². The Morgan fingerprint density at radius 1 is 1.53 bits per heavy atom. The van der Waals surface area contributed by atoms with Gasteiger partial charge in [0.15, 0.2) is 5.78 Å². The van der Waals surface area contributed by atoms with Gasteiger partial charge in [0.05, 0.1) is 11.4 Å². The van der Waals surface area contributed by atoms with E-state index in [9.17, 15) is 9.59 Å². The molecule has 0 aromatic heterocycles. The molecule has 0 radical (unpaired) electrons. The number of ketones is 1. The van der Waals surface area contributed by atoms with Crippen LogP contribution >= 0.6 is 11.6 Å². The van der Waals surface area contributed by atoms with E-state index in [1.807, 2.05) is 0 Å². The predicted octanol–water partition coefficient (Wildman–Crippen LogP) is 2.48. The van der Waals surface area contributed by atoms with E-state index in [2.05, 4.69) is 11.8 Å². The van der Waals surface area contributed by atoms with Crippen molar-refractivity contribution in [1.82, 2.24) is 0 Å². The molecule has 0 aliphatic rings. The summed E-state index contributed by atoms with van der Waals surface area (Å²) in [5.74, 6) is 5.36. The molecule has 15 heavy (non-hydrogen) atoms. The summed E-state index contributed by atoms with van der Waals surface area (Å²) in [6.07, 6.45) is 0.935. The monoisotopic (exact) mass is 220 g/mol. The average Bonchev–Trinajstić information content (AvgIpc) is 2.17. The number of Topliss-reactive ketones (excluding diaryl/α,β-unsaturated/α-hetero) is 1. The van der Waals surface area contributed by atoms with E-state index in [1.165, 1.54) is 6.92 Å². The average molecular weight is 221 g/mol. The van der Waals surface area contributed by atoms with Gasteiger partial charge in [0, 0.05) is 11.1 Å². The number of aldehydes is 1. The van der Waals surface area contributed by atoms with E-state index in [-0.39, 0.29) is 12.2 Å². The van der Waals surface area contributed by atoms with Crippen molar-refractivity contribution in [1.29, 1.82) is 0 Å². The third kappa shape index (κ3) is 3.23. The Bertz CT molecular complexity index is 452. The second-order valence-electron chi connectivity index (χ2n) is 2.92. The normalized spacial score (nSPS) is 8.93. The second kappa shape index (κ2) is 5.33. The standard InChI is InChI=1S/C12H9ClO2/c1-9(15)11-6-5-10(8-12(11)13)4-2-3-7-14/h5-8H,3H2,1H3. The van der Waals surface area contributed by atoms with Crippen LogP contribution in [-0.2, 0) is 4.79 Å². The zero-order valence-corrected chi connectivity index (χ0v) is 8.97. The van der Waals surface area contributed by atoms with Gasteiger partial charge >= 0.3 is 0 Å². The second-order valence-corrected chi connectivity index (χ2v) is 3.33. The first-order chi connectivity index (χ1) is 7.15. The first kappa shape index (κ1) is 11.5. The van der Waals surface area contributed by atoms with Crippen molar-refractivity contribution in [3.63, 3.8) is 0 Å². The molecule has 0 heterocycles. The highest BCUT2D eigenvalue weighted by Crippen LogP contribution is 2.17. The largest absolute Gasteiger partial charge is 0.302 e. The molecule has 1 rings (SSSR count). The van der Waals surface area contributed by atoms with Crippen LogP contribution in [0.4, 0.5) is 0 Å². The van der Waals surface area contributed by atoms with Gasteiger partial charge in [-0.2, -0.15) is 0 Å². The fraction of sp³-hybridized carbons (Fsp3) is 0.167. The minimum absolute atomic E-state index is 0.0765. The van der Waals surface area contributed by atoms with E-state index in [0.717, 1.165) is 6.29 Å². The molecule has 0 aliphatic carbocycles. The van der Waals surface area contributed by atoms with Gasteiger partial charge < -0.3 is 4.79 Å². The van der Waals surface area contributed by atoms with Gasteiger partial charge in [0.25, 0.3) is 0 Å². The summed E-state index contributed by atoms with van der Waals surface area (Å²) in [6.45, 7) is 1.46. The van der Waals surface area contributed by atoms with Gasteiger partial charge in [-0.15, -0.1) is 0 Å². The molecule has 2 nitrogen and oxygen atoms in total. The Morgan fingerprint density at radius 2 is 2.27 bits per heavy atom. The minimum atomic E-state index is -0.0765. The molecule has 0 bridgehead atoms. The molecule has 1 aromatic carbocycles. The minimum Gasteiger partial charge on any atom is -0.302 e. The first-order valence-corrected chi connectivity index (χ1v) is 4.76. The van der Waals surface area contributed by atoms with Crippen LogP contribution in [0.25, 0.3) is 0 Å². The summed E-state index contributed by atoms with van der Waals surface area (Å²) < 4.78 is 0. The molecule has 0 spiro atoms. The van der Waals surface area contributed by atoms with E-state index in [1.54, 1.807) is 18.2 Å². The highest BCUT2D eigenvalue weighted by atomic mass is 35.5. The molecular weight excluding hydrogens is 212 g/mol. The third-order valence-corrected chi connectivity index (χ3v) is 2.08. The van der Waals surface area contributed by atoms with E-state index >= 15 is 0 Å². The SMILES string of the molecule is CC(=O)c1ccc(C#CCC=O)cc1Cl. The summed E-state index contributed by atoms with van der Waals surface area (Å²) >= 11 is 5.88. The van der Waals surface area contributed by atoms with Gasteiger partial charge in [-0.3, -0.25) is 4.79 Å². The predicted molar refractivity (Wildman–Crippen MR) is 59.0 cm³/mol. The molecule has 0 fully saturated rings. The number of benzene rings is 1. The van der Waals surface area contributed by atoms with Gasteiger partial charge in [0.1, 0.15) is 6.29 Å². The quantitative estimate of drug-likeness (QED) is 0.436. The highest BCUT2D eigenvalue weighted by Gasteiger charge is 2.04. The molecule has 0 aliphatic heterocycles. The Kier molecular flexibility index (Phi) is 4.08. The van der Waals surface area contributed by atoms with Crippen molar-refractivity contribution in [3.05, 3.63) is 34.3 Å². The summed E-state index contributed by atoms with van der Waals surface area (Å²) in [5, 5.41) is 0.389. The van der Waals surface area contributed by atoms with E-state index in [4.69, 9.17) is 11.6 Å². The smallest absolute Gasteiger partial charge is 0.161 e. The van der Waals surface area contributed by atoms with Crippen molar-refractivity contribution >= 4 is 23.7 Å². The van der Waals surface area contributed by atoms with Crippen LogP contribution in [0.5, 0.6) is 0 Å². The number of halogens is 1. The topological polar surface area (TPSA) is 34.1 Å². The zero-order valence-electron chi connectivity index (χ0n) is 8.21.